The Morgan fingerprint density at radius 1 is 0.943 bits per heavy atom. The summed E-state index contributed by atoms with van der Waals surface area (Å²) in [5.41, 5.74) is -0.0910. The van der Waals surface area contributed by atoms with Crippen LogP contribution in [0.5, 0.6) is 0 Å². The van der Waals surface area contributed by atoms with E-state index < -0.39 is 35.2 Å². The van der Waals surface area contributed by atoms with Crippen molar-refractivity contribution >= 4 is 11.7 Å². The van der Waals surface area contributed by atoms with Crippen LogP contribution in [0.15, 0.2) is 66.9 Å². The number of nitrogens with zero attached hydrogens (tertiary/aromatic N) is 2. The number of benzene rings is 3. The number of halogens is 6. The van der Waals surface area contributed by atoms with Crippen molar-refractivity contribution in [2.75, 3.05) is 5.32 Å². The monoisotopic (exact) mass is 491 g/mol. The Bertz CT molecular complexity index is 1400. The third-order valence-electron chi connectivity index (χ3n) is 5.07. The quantitative estimate of drug-likeness (QED) is 0.312. The Balaban J connectivity index is 1.71. The van der Waals surface area contributed by atoms with Gasteiger partial charge in [0.2, 0.25) is 0 Å². The van der Waals surface area contributed by atoms with Crippen molar-refractivity contribution in [3.8, 4) is 16.9 Å². The van der Waals surface area contributed by atoms with E-state index in [-0.39, 0.29) is 29.1 Å². The van der Waals surface area contributed by atoms with Crippen LogP contribution in [-0.4, -0.2) is 20.9 Å². The molecule has 0 spiro atoms. The van der Waals surface area contributed by atoms with Gasteiger partial charge in [0, 0.05) is 29.6 Å². The minimum Gasteiger partial charge on any atom is -0.478 e. The second-order valence-electron chi connectivity index (χ2n) is 7.51. The minimum absolute atomic E-state index is 0.0372. The molecule has 1 aromatic heterocycles. The normalized spacial score (nSPS) is 11.5. The van der Waals surface area contributed by atoms with E-state index in [1.807, 2.05) is 0 Å². The maximum Gasteiger partial charge on any atom is 0.416 e. The summed E-state index contributed by atoms with van der Waals surface area (Å²) in [4.78, 5) is 11.1. The lowest BCUT2D eigenvalue weighted by atomic mass is 10.1. The zero-order chi connectivity index (χ0) is 25.3. The van der Waals surface area contributed by atoms with Crippen molar-refractivity contribution in [1.82, 2.24) is 9.78 Å². The summed E-state index contributed by atoms with van der Waals surface area (Å²) in [6.45, 7) is -0.137. The third-order valence-corrected chi connectivity index (χ3v) is 5.07. The van der Waals surface area contributed by atoms with Gasteiger partial charge < -0.3 is 10.4 Å². The maximum atomic E-state index is 13.9. The zero-order valence-electron chi connectivity index (χ0n) is 17.6. The lowest BCUT2D eigenvalue weighted by Gasteiger charge is -2.11. The Morgan fingerprint density at radius 3 is 2.29 bits per heavy atom. The first kappa shape index (κ1) is 23.9. The second kappa shape index (κ2) is 9.16. The molecule has 3 aromatic carbocycles. The van der Waals surface area contributed by atoms with Gasteiger partial charge in [0.05, 0.1) is 22.5 Å². The molecular formula is C24H15F6N3O2. The molecule has 0 saturated heterocycles. The molecule has 180 valence electrons. The van der Waals surface area contributed by atoms with E-state index in [2.05, 4.69) is 10.4 Å². The predicted octanol–water partition coefficient (Wildman–Crippen LogP) is 6.29. The first-order valence-electron chi connectivity index (χ1n) is 10.0. The highest BCUT2D eigenvalue weighted by atomic mass is 19.4. The molecular weight excluding hydrogens is 476 g/mol. The standard InChI is InChI=1S/C24H15F6N3O2/c25-17-8-16(24(28,29)30)9-18(10-17)31-11-15-12-33(19-4-1-13(2-5-19)23(34)35)32-22(15)14-3-6-20(26)21(27)7-14/h1-10,12,31H,11H2,(H,34,35). The first-order valence-corrected chi connectivity index (χ1v) is 10.0. The lowest BCUT2D eigenvalue weighted by Crippen LogP contribution is -2.07. The van der Waals surface area contributed by atoms with Crippen LogP contribution in [0.3, 0.4) is 0 Å². The van der Waals surface area contributed by atoms with Gasteiger partial charge >= 0.3 is 12.1 Å². The number of nitrogens with one attached hydrogen (secondary N) is 1. The molecule has 0 aliphatic heterocycles. The van der Waals surface area contributed by atoms with Gasteiger partial charge in [-0.25, -0.2) is 22.6 Å². The van der Waals surface area contributed by atoms with Gasteiger partial charge in [0.1, 0.15) is 5.82 Å². The van der Waals surface area contributed by atoms with Crippen LogP contribution < -0.4 is 5.32 Å². The number of carbonyl (C=O) groups is 1. The summed E-state index contributed by atoms with van der Waals surface area (Å²) in [6, 6.07) is 10.8. The highest BCUT2D eigenvalue weighted by Gasteiger charge is 2.31. The summed E-state index contributed by atoms with van der Waals surface area (Å²) in [5, 5.41) is 16.1. The second-order valence-corrected chi connectivity index (χ2v) is 7.51. The molecule has 0 atom stereocenters. The number of carboxylic acids is 1. The first-order chi connectivity index (χ1) is 16.5. The van der Waals surface area contributed by atoms with E-state index in [1.54, 1.807) is 0 Å². The fraction of sp³-hybridized carbons (Fsp3) is 0.0833. The van der Waals surface area contributed by atoms with Crippen LogP contribution in [0, 0.1) is 17.5 Å². The lowest BCUT2D eigenvalue weighted by molar-refractivity contribution is -0.137. The number of hydrogen-bond acceptors (Lipinski definition) is 3. The van der Waals surface area contributed by atoms with Crippen molar-refractivity contribution in [1.29, 1.82) is 0 Å². The SMILES string of the molecule is O=C(O)c1ccc(-n2cc(CNc3cc(F)cc(C(F)(F)F)c3)c(-c3ccc(F)c(F)c3)n2)cc1. The van der Waals surface area contributed by atoms with Gasteiger partial charge in [-0.15, -0.1) is 0 Å². The van der Waals surface area contributed by atoms with Gasteiger partial charge in [-0.3, -0.25) is 0 Å². The van der Waals surface area contributed by atoms with E-state index in [0.717, 1.165) is 24.3 Å². The van der Waals surface area contributed by atoms with Crippen molar-refractivity contribution < 1.29 is 36.2 Å². The number of aromatic nitrogens is 2. The van der Waals surface area contributed by atoms with Crippen LogP contribution in [0.25, 0.3) is 16.9 Å². The molecule has 1 heterocycles. The molecule has 4 rings (SSSR count). The highest BCUT2D eigenvalue weighted by Crippen LogP contribution is 2.32. The summed E-state index contributed by atoms with van der Waals surface area (Å²) in [7, 11) is 0. The van der Waals surface area contributed by atoms with Crippen LogP contribution in [0.4, 0.5) is 32.0 Å². The molecule has 0 aliphatic carbocycles. The molecule has 4 aromatic rings. The zero-order valence-corrected chi connectivity index (χ0v) is 17.6. The molecule has 5 nitrogen and oxygen atoms in total. The molecule has 0 bridgehead atoms. The molecule has 0 aliphatic rings. The Morgan fingerprint density at radius 2 is 1.66 bits per heavy atom. The van der Waals surface area contributed by atoms with Crippen molar-refractivity contribution in [2.24, 2.45) is 0 Å². The summed E-state index contributed by atoms with van der Waals surface area (Å²) in [5.74, 6) is -4.41. The van der Waals surface area contributed by atoms with E-state index in [9.17, 15) is 31.1 Å². The number of carboxylic acid groups (broad SMARTS) is 1. The number of alkyl halides is 3. The van der Waals surface area contributed by atoms with E-state index >= 15 is 0 Å². The van der Waals surface area contributed by atoms with Crippen LogP contribution >= 0.6 is 0 Å². The van der Waals surface area contributed by atoms with E-state index in [1.165, 1.54) is 41.2 Å². The molecule has 11 heteroatoms. The van der Waals surface area contributed by atoms with Gasteiger partial charge in [0.25, 0.3) is 0 Å². The number of hydrogen-bond donors (Lipinski definition) is 2. The predicted molar refractivity (Wildman–Crippen MR) is 115 cm³/mol. The molecule has 0 amide bonds. The van der Waals surface area contributed by atoms with Crippen LogP contribution in [0.2, 0.25) is 0 Å². The van der Waals surface area contributed by atoms with Gasteiger partial charge in [-0.1, -0.05) is 0 Å². The Hall–Kier alpha value is -4.28. The largest absolute Gasteiger partial charge is 0.478 e. The smallest absolute Gasteiger partial charge is 0.416 e. The topological polar surface area (TPSA) is 67.2 Å². The van der Waals surface area contributed by atoms with Crippen molar-refractivity contribution in [3.63, 3.8) is 0 Å². The fourth-order valence-electron chi connectivity index (χ4n) is 3.37. The molecule has 0 saturated carbocycles. The summed E-state index contributed by atoms with van der Waals surface area (Å²) < 4.78 is 81.5. The minimum atomic E-state index is -4.75. The number of anilines is 1. The summed E-state index contributed by atoms with van der Waals surface area (Å²) >= 11 is 0. The maximum absolute atomic E-state index is 13.9. The van der Waals surface area contributed by atoms with E-state index in [4.69, 9.17) is 5.11 Å². The van der Waals surface area contributed by atoms with Crippen LogP contribution in [-0.2, 0) is 12.7 Å². The van der Waals surface area contributed by atoms with E-state index in [0.29, 0.717) is 17.3 Å². The molecule has 2 N–H and O–H groups in total. The third kappa shape index (κ3) is 5.29. The number of aromatic carboxylic acids is 1. The average Bonchev–Trinajstić information content (AvgIpc) is 3.23. The molecule has 35 heavy (non-hydrogen) atoms. The Kier molecular flexibility index (Phi) is 6.25. The van der Waals surface area contributed by atoms with Gasteiger partial charge in [-0.05, 0) is 60.7 Å². The van der Waals surface area contributed by atoms with Crippen molar-refractivity contribution in [3.05, 3.63) is 101 Å². The number of rotatable bonds is 6. The van der Waals surface area contributed by atoms with Gasteiger partial charge in [0.15, 0.2) is 11.6 Å². The van der Waals surface area contributed by atoms with Crippen LogP contribution in [0.1, 0.15) is 21.5 Å². The average molecular weight is 491 g/mol. The fourth-order valence-corrected chi connectivity index (χ4v) is 3.37. The molecule has 0 unspecified atom stereocenters. The highest BCUT2D eigenvalue weighted by molar-refractivity contribution is 5.87. The van der Waals surface area contributed by atoms with Crippen molar-refractivity contribution in [2.45, 2.75) is 12.7 Å². The molecule has 0 fully saturated rings. The van der Waals surface area contributed by atoms with Gasteiger partial charge in [-0.2, -0.15) is 18.3 Å². The Labute approximate surface area is 194 Å². The molecule has 0 radical (unpaired) electrons. The summed E-state index contributed by atoms with van der Waals surface area (Å²) in [6.07, 6.45) is -3.26.